The molecule has 21 heavy (non-hydrogen) atoms. The lowest BCUT2D eigenvalue weighted by Crippen LogP contribution is -2.29. The van der Waals surface area contributed by atoms with Crippen molar-refractivity contribution in [3.05, 3.63) is 35.4 Å². The van der Waals surface area contributed by atoms with Gasteiger partial charge < -0.3 is 14.8 Å². The highest BCUT2D eigenvalue weighted by atomic mass is 16.5. The third-order valence-electron chi connectivity index (χ3n) is 4.37. The molecule has 3 nitrogen and oxygen atoms in total. The summed E-state index contributed by atoms with van der Waals surface area (Å²) in [7, 11) is 1.72. The first kappa shape index (κ1) is 16.5. The van der Waals surface area contributed by atoms with Crippen LogP contribution in [0.15, 0.2) is 24.3 Å². The van der Waals surface area contributed by atoms with Gasteiger partial charge in [-0.2, -0.15) is 0 Å². The first-order chi connectivity index (χ1) is 10.4. The van der Waals surface area contributed by atoms with E-state index in [9.17, 15) is 0 Å². The standard InChI is InChI=1S/C18H29NO2/c1-3-19-18-16(11-12-21-14-13-20-2)9-6-8-15-7-4-5-10-17(15)18/h4-5,7,10,16,18-19H,3,6,8-9,11-14H2,1-2H3. The Labute approximate surface area is 129 Å². The van der Waals surface area contributed by atoms with Crippen molar-refractivity contribution in [3.63, 3.8) is 0 Å². The second-order valence-electron chi connectivity index (χ2n) is 5.78. The van der Waals surface area contributed by atoms with Gasteiger partial charge >= 0.3 is 0 Å². The molecule has 0 spiro atoms. The topological polar surface area (TPSA) is 30.5 Å². The third-order valence-corrected chi connectivity index (χ3v) is 4.37. The summed E-state index contributed by atoms with van der Waals surface area (Å²) in [5.74, 6) is 0.663. The Morgan fingerprint density at radius 2 is 2.05 bits per heavy atom. The summed E-state index contributed by atoms with van der Waals surface area (Å²) >= 11 is 0. The van der Waals surface area contributed by atoms with Crippen LogP contribution in [0.5, 0.6) is 0 Å². The van der Waals surface area contributed by atoms with Gasteiger partial charge in [0, 0.05) is 19.8 Å². The van der Waals surface area contributed by atoms with Crippen molar-refractivity contribution in [2.24, 2.45) is 5.92 Å². The van der Waals surface area contributed by atoms with E-state index in [-0.39, 0.29) is 0 Å². The number of methoxy groups -OCH3 is 1. The molecule has 1 aliphatic rings. The van der Waals surface area contributed by atoms with Crippen LogP contribution in [0.25, 0.3) is 0 Å². The summed E-state index contributed by atoms with van der Waals surface area (Å²) in [4.78, 5) is 0. The van der Waals surface area contributed by atoms with Gasteiger partial charge in [-0.1, -0.05) is 31.2 Å². The zero-order chi connectivity index (χ0) is 14.9. The van der Waals surface area contributed by atoms with Crippen LogP contribution in [0.3, 0.4) is 0 Å². The summed E-state index contributed by atoms with van der Waals surface area (Å²) in [5, 5.41) is 3.70. The van der Waals surface area contributed by atoms with Crippen LogP contribution in [0.1, 0.15) is 43.4 Å². The molecular weight excluding hydrogens is 262 g/mol. The van der Waals surface area contributed by atoms with Crippen LogP contribution in [0.4, 0.5) is 0 Å². The normalized spacial score (nSPS) is 21.8. The van der Waals surface area contributed by atoms with Gasteiger partial charge in [-0.15, -0.1) is 0 Å². The maximum atomic E-state index is 5.68. The second-order valence-corrected chi connectivity index (χ2v) is 5.78. The van der Waals surface area contributed by atoms with E-state index in [1.807, 2.05) is 0 Å². The van der Waals surface area contributed by atoms with E-state index in [0.717, 1.165) is 19.6 Å². The van der Waals surface area contributed by atoms with Gasteiger partial charge in [0.2, 0.25) is 0 Å². The number of hydrogen-bond acceptors (Lipinski definition) is 3. The highest BCUT2D eigenvalue weighted by Gasteiger charge is 2.26. The Hall–Kier alpha value is -0.900. The summed E-state index contributed by atoms with van der Waals surface area (Å²) in [6.07, 6.45) is 4.89. The largest absolute Gasteiger partial charge is 0.382 e. The molecule has 1 aliphatic carbocycles. The maximum Gasteiger partial charge on any atom is 0.0700 e. The molecule has 0 heterocycles. The lowest BCUT2D eigenvalue weighted by molar-refractivity contribution is 0.0604. The first-order valence-electron chi connectivity index (χ1n) is 8.24. The highest BCUT2D eigenvalue weighted by molar-refractivity contribution is 5.31. The molecule has 3 heteroatoms. The van der Waals surface area contributed by atoms with Gasteiger partial charge in [0.15, 0.2) is 0 Å². The van der Waals surface area contributed by atoms with E-state index in [1.54, 1.807) is 7.11 Å². The van der Waals surface area contributed by atoms with Gasteiger partial charge in [-0.3, -0.25) is 0 Å². The fourth-order valence-corrected chi connectivity index (χ4v) is 3.33. The smallest absolute Gasteiger partial charge is 0.0700 e. The Bertz CT molecular complexity index is 408. The molecule has 2 atom stereocenters. The van der Waals surface area contributed by atoms with Crippen LogP contribution in [0.2, 0.25) is 0 Å². The maximum absolute atomic E-state index is 5.68. The average Bonchev–Trinajstić information content (AvgIpc) is 2.68. The summed E-state index contributed by atoms with van der Waals surface area (Å²) in [5.41, 5.74) is 3.02. The van der Waals surface area contributed by atoms with E-state index in [0.29, 0.717) is 25.2 Å². The molecule has 2 unspecified atom stereocenters. The molecule has 2 rings (SSSR count). The predicted octanol–water partition coefficient (Wildman–Crippen LogP) is 3.34. The van der Waals surface area contributed by atoms with Crippen molar-refractivity contribution >= 4 is 0 Å². The van der Waals surface area contributed by atoms with E-state index < -0.39 is 0 Å². The number of fused-ring (bicyclic) bond motifs is 1. The summed E-state index contributed by atoms with van der Waals surface area (Å²) < 4.78 is 10.7. The monoisotopic (exact) mass is 291 g/mol. The Kier molecular flexibility index (Phi) is 7.20. The number of benzene rings is 1. The zero-order valence-electron chi connectivity index (χ0n) is 13.4. The SMILES string of the molecule is CCNC1c2ccccc2CCCC1CCOCCOC. The number of ether oxygens (including phenoxy) is 2. The Balaban J connectivity index is 1.98. The Morgan fingerprint density at radius 3 is 2.86 bits per heavy atom. The fraction of sp³-hybridized carbons (Fsp3) is 0.667. The third kappa shape index (κ3) is 4.80. The molecule has 1 aromatic carbocycles. The van der Waals surface area contributed by atoms with E-state index in [4.69, 9.17) is 9.47 Å². The van der Waals surface area contributed by atoms with E-state index >= 15 is 0 Å². The predicted molar refractivity (Wildman–Crippen MR) is 86.6 cm³/mol. The molecule has 0 aliphatic heterocycles. The van der Waals surface area contributed by atoms with Gasteiger partial charge in [0.05, 0.1) is 13.2 Å². The molecule has 0 saturated carbocycles. The second kappa shape index (κ2) is 9.19. The minimum absolute atomic E-state index is 0.472. The van der Waals surface area contributed by atoms with Crippen molar-refractivity contribution in [2.45, 2.75) is 38.6 Å². The van der Waals surface area contributed by atoms with Crippen molar-refractivity contribution < 1.29 is 9.47 Å². The van der Waals surface area contributed by atoms with Crippen LogP contribution in [-0.4, -0.2) is 33.5 Å². The van der Waals surface area contributed by atoms with Gasteiger partial charge in [0.1, 0.15) is 0 Å². The number of aryl methyl sites for hydroxylation is 1. The first-order valence-corrected chi connectivity index (χ1v) is 8.24. The van der Waals surface area contributed by atoms with Crippen LogP contribution < -0.4 is 5.32 Å². The molecule has 0 amide bonds. The number of hydrogen-bond donors (Lipinski definition) is 1. The van der Waals surface area contributed by atoms with Crippen LogP contribution in [-0.2, 0) is 15.9 Å². The quantitative estimate of drug-likeness (QED) is 0.588. The van der Waals surface area contributed by atoms with Crippen molar-refractivity contribution in [1.29, 1.82) is 0 Å². The lowest BCUT2D eigenvalue weighted by Gasteiger charge is -2.27. The van der Waals surface area contributed by atoms with Crippen molar-refractivity contribution in [3.8, 4) is 0 Å². The molecule has 1 aromatic rings. The molecular formula is C18H29NO2. The summed E-state index contributed by atoms with van der Waals surface area (Å²) in [6, 6.07) is 9.39. The van der Waals surface area contributed by atoms with E-state index in [1.165, 1.54) is 30.4 Å². The van der Waals surface area contributed by atoms with Crippen LogP contribution >= 0.6 is 0 Å². The van der Waals surface area contributed by atoms with Gasteiger partial charge in [-0.25, -0.2) is 0 Å². The minimum Gasteiger partial charge on any atom is -0.382 e. The molecule has 118 valence electrons. The molecule has 1 N–H and O–H groups in total. The zero-order valence-corrected chi connectivity index (χ0v) is 13.4. The van der Waals surface area contributed by atoms with Crippen molar-refractivity contribution in [1.82, 2.24) is 5.32 Å². The Morgan fingerprint density at radius 1 is 1.19 bits per heavy atom. The molecule has 0 saturated heterocycles. The number of nitrogens with one attached hydrogen (secondary N) is 1. The van der Waals surface area contributed by atoms with Gasteiger partial charge in [-0.05, 0) is 49.3 Å². The number of rotatable bonds is 8. The van der Waals surface area contributed by atoms with Crippen molar-refractivity contribution in [2.75, 3.05) is 33.5 Å². The summed E-state index contributed by atoms with van der Waals surface area (Å²) in [6.45, 7) is 5.42. The van der Waals surface area contributed by atoms with Crippen LogP contribution in [0, 0.1) is 5.92 Å². The molecule has 0 bridgehead atoms. The lowest BCUT2D eigenvalue weighted by atomic mass is 9.88. The average molecular weight is 291 g/mol. The fourth-order valence-electron chi connectivity index (χ4n) is 3.33. The molecule has 0 radical (unpaired) electrons. The molecule has 0 fully saturated rings. The minimum atomic E-state index is 0.472. The highest BCUT2D eigenvalue weighted by Crippen LogP contribution is 2.35. The van der Waals surface area contributed by atoms with Gasteiger partial charge in [0.25, 0.3) is 0 Å². The molecule has 0 aromatic heterocycles. The van der Waals surface area contributed by atoms with E-state index in [2.05, 4.69) is 36.5 Å².